The minimum absolute atomic E-state index is 0.531. The molecule has 2 nitrogen and oxygen atoms in total. The Hall–Kier alpha value is -0.630. The number of carbonyl (C=O) groups is 1. The van der Waals surface area contributed by atoms with E-state index >= 15 is 0 Å². The van der Waals surface area contributed by atoms with Crippen LogP contribution in [0.2, 0.25) is 0 Å². The highest BCUT2D eigenvalue weighted by molar-refractivity contribution is 5.78. The van der Waals surface area contributed by atoms with Crippen molar-refractivity contribution in [2.45, 2.75) is 226 Å². The van der Waals surface area contributed by atoms with E-state index in [4.69, 9.17) is 0 Å². The molecule has 0 aromatic rings. The number of unbranched alkanes of at least 4 members (excludes halogenated alkanes) is 17. The maximum atomic E-state index is 12.5. The molecule has 1 aliphatic rings. The number of ketones is 1. The van der Waals surface area contributed by atoms with Gasteiger partial charge in [0, 0.05) is 19.4 Å². The summed E-state index contributed by atoms with van der Waals surface area (Å²) in [6, 6.07) is 0. The van der Waals surface area contributed by atoms with Crippen LogP contribution in [0.15, 0.2) is 12.2 Å². The summed E-state index contributed by atoms with van der Waals surface area (Å²) in [5, 5.41) is 0. The van der Waals surface area contributed by atoms with Crippen molar-refractivity contribution in [1.82, 2.24) is 4.90 Å². The van der Waals surface area contributed by atoms with Crippen LogP contribution >= 0.6 is 0 Å². The van der Waals surface area contributed by atoms with Gasteiger partial charge < -0.3 is 4.90 Å². The Labute approximate surface area is 291 Å². The molecule has 0 aliphatic carbocycles. The van der Waals surface area contributed by atoms with Crippen LogP contribution in [0, 0.1) is 17.8 Å². The molecule has 0 bridgehead atoms. The molecule has 46 heavy (non-hydrogen) atoms. The third-order valence-corrected chi connectivity index (χ3v) is 11.4. The molecule has 0 amide bonds. The van der Waals surface area contributed by atoms with Crippen molar-refractivity contribution in [1.29, 1.82) is 0 Å². The van der Waals surface area contributed by atoms with Crippen molar-refractivity contribution in [3.63, 3.8) is 0 Å². The molecule has 0 aromatic heterocycles. The molecule has 0 spiro atoms. The van der Waals surface area contributed by atoms with E-state index in [1.807, 2.05) is 0 Å². The number of carbonyl (C=O) groups excluding carboxylic acids is 1. The minimum atomic E-state index is 0.531. The largest absolute Gasteiger partial charge is 0.306 e. The van der Waals surface area contributed by atoms with E-state index in [1.165, 1.54) is 198 Å². The van der Waals surface area contributed by atoms with Crippen molar-refractivity contribution in [2.75, 3.05) is 20.1 Å². The van der Waals surface area contributed by atoms with Gasteiger partial charge in [0.05, 0.1) is 0 Å². The Morgan fingerprint density at radius 3 is 1.39 bits per heavy atom. The fourth-order valence-electron chi connectivity index (χ4n) is 8.00. The first kappa shape index (κ1) is 43.4. The van der Waals surface area contributed by atoms with Gasteiger partial charge in [-0.25, -0.2) is 0 Å². The lowest BCUT2D eigenvalue weighted by Crippen LogP contribution is -2.15. The maximum absolute atomic E-state index is 12.5. The van der Waals surface area contributed by atoms with E-state index < -0.39 is 0 Å². The van der Waals surface area contributed by atoms with Crippen LogP contribution in [0.5, 0.6) is 0 Å². The molecule has 1 fully saturated rings. The second-order valence-electron chi connectivity index (χ2n) is 15.9. The Bertz CT molecular complexity index is 675. The number of Topliss-reactive ketones (excluding diaryl/α,β-unsaturated/α-hetero) is 1. The molecule has 1 aliphatic heterocycles. The van der Waals surface area contributed by atoms with E-state index in [0.717, 1.165) is 43.4 Å². The second kappa shape index (κ2) is 31.6. The first-order valence-electron chi connectivity index (χ1n) is 21.4. The number of likely N-dealkylation sites (tertiary alicyclic amines) is 1. The molecule has 0 aromatic carbocycles. The first-order valence-corrected chi connectivity index (χ1v) is 21.4. The van der Waals surface area contributed by atoms with Crippen LogP contribution in [-0.2, 0) is 4.79 Å². The van der Waals surface area contributed by atoms with Crippen molar-refractivity contribution in [2.24, 2.45) is 17.8 Å². The lowest BCUT2D eigenvalue weighted by molar-refractivity contribution is -0.119. The van der Waals surface area contributed by atoms with Crippen molar-refractivity contribution >= 4 is 5.78 Å². The molecule has 1 rings (SSSR count). The molecular weight excluding hydrogens is 558 g/mol. The van der Waals surface area contributed by atoms with Gasteiger partial charge in [-0.05, 0) is 63.5 Å². The quantitative estimate of drug-likeness (QED) is 0.0506. The van der Waals surface area contributed by atoms with Gasteiger partial charge in [-0.15, -0.1) is 0 Å². The molecule has 2 atom stereocenters. The zero-order valence-corrected chi connectivity index (χ0v) is 32.3. The summed E-state index contributed by atoms with van der Waals surface area (Å²) in [6.07, 6.45) is 42.5. The van der Waals surface area contributed by atoms with Gasteiger partial charge in [0.25, 0.3) is 0 Å². The smallest absolute Gasteiger partial charge is 0.132 e. The molecule has 0 saturated carbocycles. The zero-order valence-electron chi connectivity index (χ0n) is 32.3. The molecule has 1 saturated heterocycles. The summed E-state index contributed by atoms with van der Waals surface area (Å²) >= 11 is 0. The molecule has 2 heteroatoms. The SMILES string of the molecule is C=C(CCC(CCCCCCCCCC)CCCCCCCCC(=O)CCCCC(CCCCC)CCCCC)C1CCN(C)C1. The molecule has 272 valence electrons. The predicted molar refractivity (Wildman–Crippen MR) is 207 cm³/mol. The van der Waals surface area contributed by atoms with Crippen LogP contribution in [0.4, 0.5) is 0 Å². The Morgan fingerprint density at radius 2 is 0.913 bits per heavy atom. The lowest BCUT2D eigenvalue weighted by atomic mass is 9.86. The Morgan fingerprint density at radius 1 is 0.543 bits per heavy atom. The van der Waals surface area contributed by atoms with Gasteiger partial charge in [-0.2, -0.15) is 0 Å². The molecular formula is C44H85NO. The van der Waals surface area contributed by atoms with Gasteiger partial charge in [0.1, 0.15) is 5.78 Å². The van der Waals surface area contributed by atoms with Gasteiger partial charge in [-0.1, -0.05) is 193 Å². The summed E-state index contributed by atoms with van der Waals surface area (Å²) < 4.78 is 0. The number of nitrogens with zero attached hydrogens (tertiary/aromatic N) is 1. The van der Waals surface area contributed by atoms with Gasteiger partial charge in [0.15, 0.2) is 0 Å². The van der Waals surface area contributed by atoms with Crippen molar-refractivity contribution < 1.29 is 4.79 Å². The Balaban J connectivity index is 2.17. The van der Waals surface area contributed by atoms with Gasteiger partial charge in [0.2, 0.25) is 0 Å². The molecule has 2 unspecified atom stereocenters. The van der Waals surface area contributed by atoms with Crippen molar-refractivity contribution in [3.8, 4) is 0 Å². The average Bonchev–Trinajstić information content (AvgIpc) is 3.49. The van der Waals surface area contributed by atoms with E-state index in [0.29, 0.717) is 5.78 Å². The highest BCUT2D eigenvalue weighted by Gasteiger charge is 2.22. The van der Waals surface area contributed by atoms with Crippen LogP contribution in [0.3, 0.4) is 0 Å². The maximum Gasteiger partial charge on any atom is 0.132 e. The summed E-state index contributed by atoms with van der Waals surface area (Å²) in [4.78, 5) is 15.0. The fourth-order valence-corrected chi connectivity index (χ4v) is 8.00. The lowest BCUT2D eigenvalue weighted by Gasteiger charge is -2.20. The van der Waals surface area contributed by atoms with Gasteiger partial charge in [-0.3, -0.25) is 4.79 Å². The van der Waals surface area contributed by atoms with Crippen LogP contribution in [-0.4, -0.2) is 30.8 Å². The highest BCUT2D eigenvalue weighted by Crippen LogP contribution is 2.30. The van der Waals surface area contributed by atoms with E-state index in [2.05, 4.69) is 39.3 Å². The van der Waals surface area contributed by atoms with Crippen LogP contribution < -0.4 is 0 Å². The highest BCUT2D eigenvalue weighted by atomic mass is 16.1. The molecule has 0 radical (unpaired) electrons. The standard InChI is InChI=1S/C44H85NO/c1-6-9-12-13-14-15-18-23-30-42(36-35-40(4)43-37-38-45(5)39-43)31-24-19-16-17-20-25-33-44(46)34-27-26-32-41(28-21-10-7-2)29-22-11-8-3/h41-43H,4,6-39H2,1-3,5H3. The Kier molecular flexibility index (Phi) is 29.8. The van der Waals surface area contributed by atoms with Crippen molar-refractivity contribution in [3.05, 3.63) is 12.2 Å². The molecule has 0 N–H and O–H groups in total. The van der Waals surface area contributed by atoms with Gasteiger partial charge >= 0.3 is 0 Å². The van der Waals surface area contributed by atoms with E-state index in [9.17, 15) is 4.79 Å². The van der Waals surface area contributed by atoms with Crippen LogP contribution in [0.25, 0.3) is 0 Å². The summed E-state index contributed by atoms with van der Waals surface area (Å²) in [7, 11) is 2.26. The normalized spacial score (nSPS) is 16.1. The summed E-state index contributed by atoms with van der Waals surface area (Å²) in [5.41, 5.74) is 1.54. The topological polar surface area (TPSA) is 20.3 Å². The second-order valence-corrected chi connectivity index (χ2v) is 15.9. The number of hydrogen-bond donors (Lipinski definition) is 0. The minimum Gasteiger partial charge on any atom is -0.306 e. The van der Waals surface area contributed by atoms with E-state index in [-0.39, 0.29) is 0 Å². The predicted octanol–water partition coefficient (Wildman–Crippen LogP) is 14.4. The monoisotopic (exact) mass is 644 g/mol. The summed E-state index contributed by atoms with van der Waals surface area (Å²) in [6.45, 7) is 13.9. The third-order valence-electron chi connectivity index (χ3n) is 11.4. The fraction of sp³-hybridized carbons (Fsp3) is 0.932. The third kappa shape index (κ3) is 25.4. The average molecular weight is 644 g/mol. The van der Waals surface area contributed by atoms with Crippen LogP contribution in [0.1, 0.15) is 226 Å². The number of rotatable bonds is 35. The zero-order chi connectivity index (χ0) is 33.5. The first-order chi connectivity index (χ1) is 22.5. The number of hydrogen-bond acceptors (Lipinski definition) is 2. The molecule has 1 heterocycles. The van der Waals surface area contributed by atoms with E-state index in [1.54, 1.807) is 0 Å². The summed E-state index contributed by atoms with van der Waals surface area (Å²) in [5.74, 6) is 3.08.